The van der Waals surface area contributed by atoms with E-state index in [1.807, 2.05) is 0 Å². The molecule has 0 aromatic heterocycles. The Bertz CT molecular complexity index is 560. The number of aryl methyl sites for hydroxylation is 1. The first kappa shape index (κ1) is 13.0. The van der Waals surface area contributed by atoms with Crippen LogP contribution in [0.25, 0.3) is 0 Å². The molecule has 3 rings (SSSR count). The Morgan fingerprint density at radius 3 is 2.70 bits per heavy atom. The number of anilines is 2. The summed E-state index contributed by atoms with van der Waals surface area (Å²) in [6.07, 6.45) is 2.27. The summed E-state index contributed by atoms with van der Waals surface area (Å²) in [5.41, 5.74) is 5.39. The fourth-order valence-corrected chi connectivity index (χ4v) is 2.86. The number of nitrogens with one attached hydrogen (secondary N) is 2. The van der Waals surface area contributed by atoms with Gasteiger partial charge in [0.1, 0.15) is 0 Å². The van der Waals surface area contributed by atoms with Crippen molar-refractivity contribution >= 4 is 11.4 Å². The van der Waals surface area contributed by atoms with Gasteiger partial charge in [-0.2, -0.15) is 0 Å². The summed E-state index contributed by atoms with van der Waals surface area (Å²) in [4.78, 5) is 0. The molecular formula is C18H22N2. The highest BCUT2D eigenvalue weighted by Crippen LogP contribution is 2.32. The van der Waals surface area contributed by atoms with Crippen molar-refractivity contribution in [2.24, 2.45) is 0 Å². The van der Waals surface area contributed by atoms with Crippen molar-refractivity contribution < 1.29 is 0 Å². The average Bonchev–Trinajstić information content (AvgIpc) is 2.92. The van der Waals surface area contributed by atoms with Crippen LogP contribution < -0.4 is 10.6 Å². The van der Waals surface area contributed by atoms with Gasteiger partial charge in [0.05, 0.1) is 0 Å². The second-order valence-electron chi connectivity index (χ2n) is 5.43. The van der Waals surface area contributed by atoms with Crippen molar-refractivity contribution in [1.29, 1.82) is 0 Å². The molecule has 1 heterocycles. The van der Waals surface area contributed by atoms with E-state index in [-0.39, 0.29) is 0 Å². The Kier molecular flexibility index (Phi) is 3.91. The van der Waals surface area contributed by atoms with Gasteiger partial charge in [0.25, 0.3) is 0 Å². The molecule has 0 aliphatic carbocycles. The van der Waals surface area contributed by atoms with E-state index in [1.54, 1.807) is 0 Å². The highest BCUT2D eigenvalue weighted by atomic mass is 14.9. The summed E-state index contributed by atoms with van der Waals surface area (Å²) < 4.78 is 0. The topological polar surface area (TPSA) is 24.1 Å². The molecule has 2 aromatic rings. The van der Waals surface area contributed by atoms with Crippen LogP contribution in [-0.2, 0) is 6.42 Å². The highest BCUT2D eigenvalue weighted by molar-refractivity contribution is 5.57. The molecule has 2 heteroatoms. The largest absolute Gasteiger partial charge is 0.385 e. The summed E-state index contributed by atoms with van der Waals surface area (Å²) in [6, 6.07) is 17.4. The number of hydrogen-bond donors (Lipinski definition) is 2. The normalized spacial score (nSPS) is 16.6. The van der Waals surface area contributed by atoms with Crippen molar-refractivity contribution in [3.63, 3.8) is 0 Å². The zero-order valence-electron chi connectivity index (χ0n) is 12.0. The van der Waals surface area contributed by atoms with E-state index in [0.717, 1.165) is 19.5 Å². The molecule has 2 nitrogen and oxygen atoms in total. The lowest BCUT2D eigenvalue weighted by Gasteiger charge is -2.12. The van der Waals surface area contributed by atoms with Gasteiger partial charge in [0.2, 0.25) is 0 Å². The lowest BCUT2D eigenvalue weighted by Crippen LogP contribution is -2.09. The van der Waals surface area contributed by atoms with Gasteiger partial charge in [-0.3, -0.25) is 0 Å². The number of hydrogen-bond acceptors (Lipinski definition) is 2. The Balaban J connectivity index is 1.53. The number of para-hydroxylation sites is 1. The van der Waals surface area contributed by atoms with Crippen LogP contribution in [0, 0.1) is 0 Å². The lowest BCUT2D eigenvalue weighted by atomic mass is 9.98. The first-order valence-electron chi connectivity index (χ1n) is 7.52. The molecule has 1 aliphatic heterocycles. The maximum Gasteiger partial charge on any atom is 0.0376 e. The molecule has 1 atom stereocenters. The first-order valence-corrected chi connectivity index (χ1v) is 7.52. The minimum absolute atomic E-state index is 0.633. The zero-order chi connectivity index (χ0) is 13.8. The fraction of sp³-hybridized carbons (Fsp3) is 0.333. The standard InChI is InChI=1S/C18H22N2/c1-2-14-7-9-16(10-8-14)19-12-11-15-13-20-18-6-4-3-5-17(15)18/h3-10,15,19-20H,2,11-13H2,1H3. The van der Waals surface area contributed by atoms with E-state index in [2.05, 4.69) is 66.1 Å². The van der Waals surface area contributed by atoms with Crippen LogP contribution >= 0.6 is 0 Å². The molecule has 2 aromatic carbocycles. The molecule has 1 aliphatic rings. The molecule has 0 bridgehead atoms. The third-order valence-electron chi connectivity index (χ3n) is 4.12. The molecular weight excluding hydrogens is 244 g/mol. The third kappa shape index (κ3) is 2.79. The maximum absolute atomic E-state index is 3.53. The summed E-state index contributed by atoms with van der Waals surface area (Å²) >= 11 is 0. The Morgan fingerprint density at radius 1 is 1.10 bits per heavy atom. The summed E-state index contributed by atoms with van der Waals surface area (Å²) in [7, 11) is 0. The molecule has 0 amide bonds. The van der Waals surface area contributed by atoms with Crippen LogP contribution in [0.3, 0.4) is 0 Å². The van der Waals surface area contributed by atoms with Crippen molar-refractivity contribution in [2.45, 2.75) is 25.7 Å². The number of benzene rings is 2. The molecule has 0 saturated carbocycles. The highest BCUT2D eigenvalue weighted by Gasteiger charge is 2.20. The minimum atomic E-state index is 0.633. The van der Waals surface area contributed by atoms with Crippen LogP contribution in [0.15, 0.2) is 48.5 Å². The van der Waals surface area contributed by atoms with Crippen LogP contribution in [0.4, 0.5) is 11.4 Å². The molecule has 0 radical (unpaired) electrons. The van der Waals surface area contributed by atoms with Gasteiger partial charge in [0.15, 0.2) is 0 Å². The molecule has 2 N–H and O–H groups in total. The molecule has 0 spiro atoms. The summed E-state index contributed by atoms with van der Waals surface area (Å²) in [5, 5.41) is 7.01. The maximum atomic E-state index is 3.53. The van der Waals surface area contributed by atoms with Crippen molar-refractivity contribution in [3.8, 4) is 0 Å². The fourth-order valence-electron chi connectivity index (χ4n) is 2.86. The Morgan fingerprint density at radius 2 is 1.90 bits per heavy atom. The van der Waals surface area contributed by atoms with Crippen LogP contribution in [0.2, 0.25) is 0 Å². The van der Waals surface area contributed by atoms with Gasteiger partial charge < -0.3 is 10.6 Å². The second kappa shape index (κ2) is 6.00. The van der Waals surface area contributed by atoms with Gasteiger partial charge >= 0.3 is 0 Å². The van der Waals surface area contributed by atoms with Crippen molar-refractivity contribution in [1.82, 2.24) is 0 Å². The predicted molar refractivity (Wildman–Crippen MR) is 86.6 cm³/mol. The molecule has 20 heavy (non-hydrogen) atoms. The van der Waals surface area contributed by atoms with Crippen molar-refractivity contribution in [3.05, 3.63) is 59.7 Å². The van der Waals surface area contributed by atoms with Crippen LogP contribution in [0.5, 0.6) is 0 Å². The SMILES string of the molecule is CCc1ccc(NCCC2CNc3ccccc32)cc1. The van der Waals surface area contributed by atoms with E-state index >= 15 is 0 Å². The Hall–Kier alpha value is -1.96. The van der Waals surface area contributed by atoms with Gasteiger partial charge in [0, 0.05) is 30.4 Å². The van der Waals surface area contributed by atoms with E-state index in [4.69, 9.17) is 0 Å². The average molecular weight is 266 g/mol. The van der Waals surface area contributed by atoms with Crippen LogP contribution in [-0.4, -0.2) is 13.1 Å². The molecule has 1 unspecified atom stereocenters. The Labute approximate surface area is 121 Å². The third-order valence-corrected chi connectivity index (χ3v) is 4.12. The molecule has 0 saturated heterocycles. The number of fused-ring (bicyclic) bond motifs is 1. The molecule has 104 valence electrons. The van der Waals surface area contributed by atoms with Gasteiger partial charge in [-0.25, -0.2) is 0 Å². The monoisotopic (exact) mass is 266 g/mol. The minimum Gasteiger partial charge on any atom is -0.385 e. The van der Waals surface area contributed by atoms with E-state index < -0.39 is 0 Å². The lowest BCUT2D eigenvalue weighted by molar-refractivity contribution is 0.701. The van der Waals surface area contributed by atoms with E-state index in [1.165, 1.54) is 28.9 Å². The predicted octanol–water partition coefficient (Wildman–Crippen LogP) is 4.26. The zero-order valence-corrected chi connectivity index (χ0v) is 12.0. The summed E-state index contributed by atoms with van der Waals surface area (Å²) in [5.74, 6) is 0.633. The quantitative estimate of drug-likeness (QED) is 0.845. The smallest absolute Gasteiger partial charge is 0.0376 e. The van der Waals surface area contributed by atoms with E-state index in [9.17, 15) is 0 Å². The first-order chi connectivity index (χ1) is 9.86. The van der Waals surface area contributed by atoms with Gasteiger partial charge in [-0.15, -0.1) is 0 Å². The van der Waals surface area contributed by atoms with Gasteiger partial charge in [-0.1, -0.05) is 37.3 Å². The van der Waals surface area contributed by atoms with E-state index in [0.29, 0.717) is 5.92 Å². The number of rotatable bonds is 5. The van der Waals surface area contributed by atoms with Crippen molar-refractivity contribution in [2.75, 3.05) is 23.7 Å². The molecule has 0 fully saturated rings. The summed E-state index contributed by atoms with van der Waals surface area (Å²) in [6.45, 7) is 4.27. The second-order valence-corrected chi connectivity index (χ2v) is 5.43. The van der Waals surface area contributed by atoms with Crippen LogP contribution in [0.1, 0.15) is 30.4 Å². The van der Waals surface area contributed by atoms with Gasteiger partial charge in [-0.05, 0) is 42.2 Å².